The third-order valence-electron chi connectivity index (χ3n) is 3.47. The maximum absolute atomic E-state index is 11.9. The Morgan fingerprint density at radius 2 is 2.18 bits per heavy atom. The number of carboxylic acid groups (broad SMARTS) is 1. The van der Waals surface area contributed by atoms with Crippen LogP contribution in [0.1, 0.15) is 33.6 Å². The molecular weight excluding hydrogens is 220 g/mol. The number of rotatable bonds is 4. The van der Waals surface area contributed by atoms with Crippen LogP contribution in [-0.2, 0) is 4.79 Å². The van der Waals surface area contributed by atoms with Gasteiger partial charge in [-0.25, -0.2) is 9.59 Å². The Bertz CT molecular complexity index is 293. The molecule has 2 unspecified atom stereocenters. The number of aliphatic carboxylic acids is 1. The average molecular weight is 242 g/mol. The van der Waals surface area contributed by atoms with E-state index < -0.39 is 12.0 Å². The van der Waals surface area contributed by atoms with Crippen LogP contribution in [0.5, 0.6) is 0 Å². The third kappa shape index (κ3) is 3.61. The second-order valence-corrected chi connectivity index (χ2v) is 4.99. The molecule has 0 aromatic carbocycles. The molecule has 2 N–H and O–H groups in total. The molecule has 17 heavy (non-hydrogen) atoms. The van der Waals surface area contributed by atoms with E-state index in [4.69, 9.17) is 5.11 Å². The van der Waals surface area contributed by atoms with Gasteiger partial charge in [0.2, 0.25) is 0 Å². The average Bonchev–Trinajstić information content (AvgIpc) is 2.71. The van der Waals surface area contributed by atoms with Gasteiger partial charge in [-0.2, -0.15) is 0 Å². The molecule has 3 atom stereocenters. The summed E-state index contributed by atoms with van der Waals surface area (Å²) in [6.45, 7) is 7.30. The van der Waals surface area contributed by atoms with Gasteiger partial charge >= 0.3 is 12.0 Å². The van der Waals surface area contributed by atoms with Gasteiger partial charge in [-0.3, -0.25) is 0 Å². The first-order valence-electron chi connectivity index (χ1n) is 6.24. The summed E-state index contributed by atoms with van der Waals surface area (Å²) in [6, 6.07) is -1.04. The van der Waals surface area contributed by atoms with E-state index in [1.807, 2.05) is 13.8 Å². The summed E-state index contributed by atoms with van der Waals surface area (Å²) in [6.07, 6.45) is 1.72. The Labute approximate surface area is 102 Å². The molecule has 1 rings (SSSR count). The van der Waals surface area contributed by atoms with Crippen LogP contribution in [0.2, 0.25) is 0 Å². The zero-order chi connectivity index (χ0) is 13.0. The molecule has 1 saturated heterocycles. The van der Waals surface area contributed by atoms with Crippen molar-refractivity contribution in [3.8, 4) is 0 Å². The number of nitrogens with one attached hydrogen (secondary N) is 1. The molecule has 0 saturated carbocycles. The summed E-state index contributed by atoms with van der Waals surface area (Å²) in [5.41, 5.74) is 0. The molecule has 1 heterocycles. The molecule has 0 spiro atoms. The minimum atomic E-state index is -0.958. The topological polar surface area (TPSA) is 69.6 Å². The fraction of sp³-hybridized carbons (Fsp3) is 0.833. The molecular formula is C12H22N2O3. The Balaban J connectivity index is 2.55. The normalized spacial score (nSPS) is 23.2. The molecule has 0 aromatic heterocycles. The molecule has 1 aliphatic rings. The number of hydrogen-bond acceptors (Lipinski definition) is 2. The van der Waals surface area contributed by atoms with Crippen LogP contribution in [0.15, 0.2) is 0 Å². The van der Waals surface area contributed by atoms with Crippen molar-refractivity contribution < 1.29 is 14.7 Å². The smallest absolute Gasteiger partial charge is 0.326 e. The van der Waals surface area contributed by atoms with Gasteiger partial charge in [0.05, 0.1) is 0 Å². The van der Waals surface area contributed by atoms with E-state index in [1.165, 1.54) is 0 Å². The summed E-state index contributed by atoms with van der Waals surface area (Å²) >= 11 is 0. The highest BCUT2D eigenvalue weighted by Crippen LogP contribution is 2.16. The van der Waals surface area contributed by atoms with Gasteiger partial charge in [-0.1, -0.05) is 27.2 Å². The van der Waals surface area contributed by atoms with Crippen LogP contribution in [0.4, 0.5) is 4.79 Å². The van der Waals surface area contributed by atoms with Gasteiger partial charge < -0.3 is 15.3 Å². The van der Waals surface area contributed by atoms with Crippen LogP contribution in [0, 0.1) is 11.8 Å². The second-order valence-electron chi connectivity index (χ2n) is 4.99. The lowest BCUT2D eigenvalue weighted by Gasteiger charge is -2.24. The summed E-state index contributed by atoms with van der Waals surface area (Å²) in [7, 11) is 0. The first-order valence-corrected chi connectivity index (χ1v) is 6.24. The minimum absolute atomic E-state index is 0.0588. The summed E-state index contributed by atoms with van der Waals surface area (Å²) < 4.78 is 0. The Kier molecular flexibility index (Phi) is 4.78. The van der Waals surface area contributed by atoms with Gasteiger partial charge in [0, 0.05) is 13.1 Å². The SMILES string of the molecule is CCC(C)[C@H](NC(=O)N1CCC(C)C1)C(=O)O. The van der Waals surface area contributed by atoms with Crippen molar-refractivity contribution in [1.82, 2.24) is 10.2 Å². The molecule has 0 aliphatic carbocycles. The fourth-order valence-electron chi connectivity index (χ4n) is 2.03. The zero-order valence-corrected chi connectivity index (χ0v) is 10.8. The molecule has 0 radical (unpaired) electrons. The number of nitrogens with zero attached hydrogens (tertiary/aromatic N) is 1. The molecule has 98 valence electrons. The summed E-state index contributed by atoms with van der Waals surface area (Å²) in [5.74, 6) is -0.510. The van der Waals surface area contributed by atoms with Crippen LogP contribution in [0.25, 0.3) is 0 Å². The van der Waals surface area contributed by atoms with Gasteiger partial charge in [-0.05, 0) is 18.3 Å². The number of carbonyl (C=O) groups excluding carboxylic acids is 1. The van der Waals surface area contributed by atoms with E-state index in [1.54, 1.807) is 4.90 Å². The van der Waals surface area contributed by atoms with Crippen molar-refractivity contribution >= 4 is 12.0 Å². The van der Waals surface area contributed by atoms with Gasteiger partial charge in [-0.15, -0.1) is 0 Å². The van der Waals surface area contributed by atoms with Gasteiger partial charge in [0.25, 0.3) is 0 Å². The van der Waals surface area contributed by atoms with Crippen molar-refractivity contribution in [3.05, 3.63) is 0 Å². The van der Waals surface area contributed by atoms with Crippen molar-refractivity contribution in [2.45, 2.75) is 39.7 Å². The lowest BCUT2D eigenvalue weighted by Crippen LogP contribution is -2.50. The monoisotopic (exact) mass is 242 g/mol. The first kappa shape index (κ1) is 13.8. The summed E-state index contributed by atoms with van der Waals surface area (Å²) in [5, 5.41) is 11.7. The number of amides is 2. The van der Waals surface area contributed by atoms with Crippen molar-refractivity contribution in [1.29, 1.82) is 0 Å². The molecule has 5 heteroatoms. The predicted octanol–water partition coefficient (Wildman–Crippen LogP) is 1.54. The summed E-state index contributed by atoms with van der Waals surface area (Å²) in [4.78, 5) is 24.7. The van der Waals surface area contributed by atoms with Crippen LogP contribution in [0.3, 0.4) is 0 Å². The number of urea groups is 1. The lowest BCUT2D eigenvalue weighted by atomic mass is 9.99. The number of hydrogen-bond donors (Lipinski definition) is 2. The van der Waals surface area contributed by atoms with Gasteiger partial charge in [0.15, 0.2) is 0 Å². The third-order valence-corrected chi connectivity index (χ3v) is 3.47. The predicted molar refractivity (Wildman–Crippen MR) is 64.8 cm³/mol. The van der Waals surface area contributed by atoms with E-state index >= 15 is 0 Å². The number of carboxylic acids is 1. The Morgan fingerprint density at radius 3 is 2.59 bits per heavy atom. The first-order chi connectivity index (χ1) is 7.95. The van der Waals surface area contributed by atoms with Gasteiger partial charge in [0.1, 0.15) is 6.04 Å². The van der Waals surface area contributed by atoms with E-state index in [2.05, 4.69) is 12.2 Å². The Hall–Kier alpha value is -1.26. The number of likely N-dealkylation sites (tertiary alicyclic amines) is 1. The highest BCUT2D eigenvalue weighted by Gasteiger charge is 2.29. The maximum atomic E-state index is 11.9. The van der Waals surface area contributed by atoms with Crippen LogP contribution in [-0.4, -0.2) is 41.1 Å². The van der Waals surface area contributed by atoms with E-state index in [-0.39, 0.29) is 11.9 Å². The highest BCUT2D eigenvalue weighted by atomic mass is 16.4. The molecule has 2 amide bonds. The molecule has 0 bridgehead atoms. The lowest BCUT2D eigenvalue weighted by molar-refractivity contribution is -0.140. The van der Waals surface area contributed by atoms with Crippen molar-refractivity contribution in [3.63, 3.8) is 0 Å². The highest BCUT2D eigenvalue weighted by molar-refractivity contribution is 5.82. The standard InChI is InChI=1S/C12H22N2O3/c1-4-9(3)10(11(15)16)13-12(17)14-6-5-8(2)7-14/h8-10H,4-7H2,1-3H3,(H,13,17)(H,15,16)/t8?,9?,10-/m0/s1. The Morgan fingerprint density at radius 1 is 1.53 bits per heavy atom. The maximum Gasteiger partial charge on any atom is 0.326 e. The number of carbonyl (C=O) groups is 2. The van der Waals surface area contributed by atoms with Crippen molar-refractivity contribution in [2.24, 2.45) is 11.8 Å². The minimum Gasteiger partial charge on any atom is -0.480 e. The van der Waals surface area contributed by atoms with Crippen LogP contribution >= 0.6 is 0 Å². The molecule has 1 aliphatic heterocycles. The molecule has 1 fully saturated rings. The van der Waals surface area contributed by atoms with E-state index in [0.29, 0.717) is 5.92 Å². The van der Waals surface area contributed by atoms with E-state index in [9.17, 15) is 9.59 Å². The van der Waals surface area contributed by atoms with Crippen molar-refractivity contribution in [2.75, 3.05) is 13.1 Å². The van der Waals surface area contributed by atoms with Crippen LogP contribution < -0.4 is 5.32 Å². The molecule has 0 aromatic rings. The van der Waals surface area contributed by atoms with E-state index in [0.717, 1.165) is 25.9 Å². The fourth-order valence-corrected chi connectivity index (χ4v) is 2.03. The second kappa shape index (κ2) is 5.89. The largest absolute Gasteiger partial charge is 0.480 e. The quantitative estimate of drug-likeness (QED) is 0.785. The zero-order valence-electron chi connectivity index (χ0n) is 10.8. The molecule has 5 nitrogen and oxygen atoms in total.